The van der Waals surface area contributed by atoms with Crippen molar-refractivity contribution in [2.75, 3.05) is 66.7 Å². The fraction of sp³-hybridized carbons (Fsp3) is 0.708. The van der Waals surface area contributed by atoms with Gasteiger partial charge in [-0.25, -0.2) is 0 Å². The lowest BCUT2D eigenvalue weighted by atomic mass is 9.99. The van der Waals surface area contributed by atoms with Crippen molar-refractivity contribution in [2.24, 2.45) is 5.92 Å². The van der Waals surface area contributed by atoms with E-state index in [-0.39, 0.29) is 25.6 Å². The predicted octanol–water partition coefficient (Wildman–Crippen LogP) is 0.476. The zero-order chi connectivity index (χ0) is 23.8. The maximum Gasteiger partial charge on any atom is 0.246 e. The van der Waals surface area contributed by atoms with Crippen LogP contribution in [0, 0.1) is 5.92 Å². The number of carbonyl (C=O) groups is 1. The Morgan fingerprint density at radius 1 is 1.21 bits per heavy atom. The van der Waals surface area contributed by atoms with Gasteiger partial charge in [0.15, 0.2) is 11.5 Å². The number of ether oxygens (including phenoxy) is 3. The summed E-state index contributed by atoms with van der Waals surface area (Å²) < 4.78 is 16.3. The summed E-state index contributed by atoms with van der Waals surface area (Å²) in [5.74, 6) is 1.87. The highest BCUT2D eigenvalue weighted by Gasteiger charge is 2.44. The number of piperidine rings is 1. The van der Waals surface area contributed by atoms with Gasteiger partial charge in [-0.2, -0.15) is 0 Å². The molecule has 0 radical (unpaired) electrons. The number of hydrogen-bond donors (Lipinski definition) is 3. The molecule has 1 amide bonds. The molecule has 9 heteroatoms. The van der Waals surface area contributed by atoms with Crippen molar-refractivity contribution in [1.82, 2.24) is 15.1 Å². The minimum Gasteiger partial charge on any atom is -0.493 e. The molecule has 0 unspecified atom stereocenters. The Hall–Kier alpha value is -1.91. The average Bonchev–Trinajstić information content (AvgIpc) is 3.08. The average molecular weight is 466 g/mol. The molecule has 3 rings (SSSR count). The van der Waals surface area contributed by atoms with E-state index in [0.29, 0.717) is 31.2 Å². The molecule has 1 aromatic rings. The molecular formula is C24H39N3O6. The fourth-order valence-corrected chi connectivity index (χ4v) is 4.46. The van der Waals surface area contributed by atoms with E-state index in [0.717, 1.165) is 31.1 Å². The van der Waals surface area contributed by atoms with Gasteiger partial charge in [-0.05, 0) is 49.5 Å². The molecule has 2 aliphatic heterocycles. The van der Waals surface area contributed by atoms with Crippen molar-refractivity contribution in [1.29, 1.82) is 0 Å². The second kappa shape index (κ2) is 12.0. The van der Waals surface area contributed by atoms with Crippen LogP contribution in [0.2, 0.25) is 0 Å². The number of rotatable bonds is 11. The monoisotopic (exact) mass is 465 g/mol. The van der Waals surface area contributed by atoms with E-state index in [9.17, 15) is 15.0 Å². The maximum absolute atomic E-state index is 11.6. The number of aliphatic hydroxyl groups excluding tert-OH is 1. The van der Waals surface area contributed by atoms with Gasteiger partial charge in [-0.15, -0.1) is 0 Å². The third kappa shape index (κ3) is 7.28. The first-order valence-electron chi connectivity index (χ1n) is 11.7. The molecular weight excluding hydrogens is 426 g/mol. The summed E-state index contributed by atoms with van der Waals surface area (Å²) in [6.07, 6.45) is 1.54. The van der Waals surface area contributed by atoms with Crippen LogP contribution in [-0.4, -0.2) is 104 Å². The lowest BCUT2D eigenvalue weighted by Gasteiger charge is -2.30. The first-order valence-corrected chi connectivity index (χ1v) is 11.7. The van der Waals surface area contributed by atoms with Gasteiger partial charge in [0.1, 0.15) is 18.8 Å². The second-order valence-corrected chi connectivity index (χ2v) is 9.36. The summed E-state index contributed by atoms with van der Waals surface area (Å²) in [5, 5.41) is 23.8. The summed E-state index contributed by atoms with van der Waals surface area (Å²) in [7, 11) is 3.05. The molecule has 2 heterocycles. The van der Waals surface area contributed by atoms with E-state index >= 15 is 0 Å². The molecule has 0 spiro atoms. The van der Waals surface area contributed by atoms with Crippen LogP contribution in [0.3, 0.4) is 0 Å². The SMILES string of the molecule is COCC(=O)NC[C@]1(O)CN(Cc2ccc(OCCN3CCC(C)CC3)c(OC)c2)C[C@H]1O. The van der Waals surface area contributed by atoms with Gasteiger partial charge in [-0.1, -0.05) is 13.0 Å². The van der Waals surface area contributed by atoms with Crippen LogP contribution in [-0.2, 0) is 16.1 Å². The molecule has 33 heavy (non-hydrogen) atoms. The van der Waals surface area contributed by atoms with Crippen molar-refractivity contribution in [3.05, 3.63) is 23.8 Å². The zero-order valence-electron chi connectivity index (χ0n) is 20.1. The number of aliphatic hydroxyl groups is 2. The molecule has 0 saturated carbocycles. The molecule has 9 nitrogen and oxygen atoms in total. The maximum atomic E-state index is 11.6. The Labute approximate surface area is 196 Å². The van der Waals surface area contributed by atoms with Gasteiger partial charge < -0.3 is 29.7 Å². The molecule has 2 fully saturated rings. The first-order chi connectivity index (χ1) is 15.8. The first kappa shape index (κ1) is 25.7. The molecule has 2 aliphatic rings. The van der Waals surface area contributed by atoms with Crippen molar-refractivity contribution in [2.45, 2.75) is 38.0 Å². The van der Waals surface area contributed by atoms with Crippen molar-refractivity contribution < 1.29 is 29.2 Å². The number of nitrogens with one attached hydrogen (secondary N) is 1. The van der Waals surface area contributed by atoms with Gasteiger partial charge in [0.05, 0.1) is 19.8 Å². The highest BCUT2D eigenvalue weighted by atomic mass is 16.5. The Bertz CT molecular complexity index is 771. The Morgan fingerprint density at radius 3 is 2.67 bits per heavy atom. The van der Waals surface area contributed by atoms with E-state index in [2.05, 4.69) is 17.1 Å². The lowest BCUT2D eigenvalue weighted by molar-refractivity contribution is -0.126. The summed E-state index contributed by atoms with van der Waals surface area (Å²) in [5.41, 5.74) is -0.410. The van der Waals surface area contributed by atoms with Gasteiger partial charge in [0.2, 0.25) is 5.91 Å². The van der Waals surface area contributed by atoms with E-state index in [1.165, 1.54) is 20.0 Å². The molecule has 1 aromatic carbocycles. The minimum absolute atomic E-state index is 0.0289. The third-order valence-corrected chi connectivity index (χ3v) is 6.59. The number of amides is 1. The van der Waals surface area contributed by atoms with Gasteiger partial charge in [0.25, 0.3) is 0 Å². The Morgan fingerprint density at radius 2 is 1.97 bits per heavy atom. The Kier molecular flexibility index (Phi) is 9.34. The van der Waals surface area contributed by atoms with Gasteiger partial charge in [0, 0.05) is 33.3 Å². The van der Waals surface area contributed by atoms with Crippen LogP contribution in [0.5, 0.6) is 11.5 Å². The molecule has 3 N–H and O–H groups in total. The normalized spacial score (nSPS) is 24.7. The molecule has 0 bridgehead atoms. The quantitative estimate of drug-likeness (QED) is 0.434. The number of benzene rings is 1. The van der Waals surface area contributed by atoms with E-state index in [1.54, 1.807) is 7.11 Å². The summed E-state index contributed by atoms with van der Waals surface area (Å²) in [6, 6.07) is 5.82. The summed E-state index contributed by atoms with van der Waals surface area (Å²) in [6.45, 7) is 7.07. The topological polar surface area (TPSA) is 104 Å². The standard InChI is InChI=1S/C24H39N3O6/c1-18-6-8-26(9-7-18)10-11-33-20-5-4-19(12-21(20)32-3)13-27-14-22(28)24(30,17-27)16-25-23(29)15-31-2/h4-5,12,18,22,28,30H,6-11,13-17H2,1-3H3,(H,25,29)/t22-,24+/m1/s1. The number of nitrogens with zero attached hydrogens (tertiary/aromatic N) is 2. The highest BCUT2D eigenvalue weighted by molar-refractivity contribution is 5.77. The molecule has 2 saturated heterocycles. The van der Waals surface area contributed by atoms with Crippen molar-refractivity contribution in [3.8, 4) is 11.5 Å². The van der Waals surface area contributed by atoms with Crippen LogP contribution in [0.25, 0.3) is 0 Å². The fourth-order valence-electron chi connectivity index (χ4n) is 4.46. The van der Waals surface area contributed by atoms with Crippen LogP contribution in [0.4, 0.5) is 0 Å². The second-order valence-electron chi connectivity index (χ2n) is 9.36. The van der Waals surface area contributed by atoms with Gasteiger partial charge >= 0.3 is 0 Å². The number of methoxy groups -OCH3 is 2. The van der Waals surface area contributed by atoms with Crippen LogP contribution in [0.1, 0.15) is 25.3 Å². The minimum atomic E-state index is -1.40. The number of likely N-dealkylation sites (tertiary alicyclic amines) is 2. The molecule has 186 valence electrons. The number of carbonyl (C=O) groups excluding carboxylic acids is 1. The largest absolute Gasteiger partial charge is 0.493 e. The van der Waals surface area contributed by atoms with Crippen LogP contribution >= 0.6 is 0 Å². The van der Waals surface area contributed by atoms with Crippen LogP contribution < -0.4 is 14.8 Å². The van der Waals surface area contributed by atoms with Crippen LogP contribution in [0.15, 0.2) is 18.2 Å². The Balaban J connectivity index is 1.50. The van der Waals surface area contributed by atoms with Crippen molar-refractivity contribution >= 4 is 5.91 Å². The highest BCUT2D eigenvalue weighted by Crippen LogP contribution is 2.30. The predicted molar refractivity (Wildman–Crippen MR) is 124 cm³/mol. The smallest absolute Gasteiger partial charge is 0.246 e. The van der Waals surface area contributed by atoms with E-state index in [4.69, 9.17) is 14.2 Å². The molecule has 0 aromatic heterocycles. The van der Waals surface area contributed by atoms with E-state index < -0.39 is 11.7 Å². The lowest BCUT2D eigenvalue weighted by Crippen LogP contribution is -2.51. The number of β-amino-alcohol motifs (C(OH)–C–C–N with tert-alkyl or cyclic N) is 2. The van der Waals surface area contributed by atoms with Gasteiger partial charge in [-0.3, -0.25) is 14.6 Å². The zero-order valence-corrected chi connectivity index (χ0v) is 20.1. The van der Waals surface area contributed by atoms with E-state index in [1.807, 2.05) is 23.1 Å². The summed E-state index contributed by atoms with van der Waals surface area (Å²) in [4.78, 5) is 16.0. The molecule has 0 aliphatic carbocycles. The molecule has 2 atom stereocenters. The van der Waals surface area contributed by atoms with Crippen molar-refractivity contribution in [3.63, 3.8) is 0 Å². The summed E-state index contributed by atoms with van der Waals surface area (Å²) >= 11 is 0. The third-order valence-electron chi connectivity index (χ3n) is 6.59. The number of hydrogen-bond acceptors (Lipinski definition) is 8.